The second-order valence-corrected chi connectivity index (χ2v) is 5.38. The first-order valence-electron chi connectivity index (χ1n) is 6.18. The lowest BCUT2D eigenvalue weighted by Gasteiger charge is -2.13. The highest BCUT2D eigenvalue weighted by atomic mass is 32.1. The summed E-state index contributed by atoms with van der Waals surface area (Å²) in [6.07, 6.45) is 3.10. The second kappa shape index (κ2) is 5.42. The van der Waals surface area contributed by atoms with E-state index in [-0.39, 0.29) is 0 Å². The van der Waals surface area contributed by atoms with Crippen LogP contribution in [0.2, 0.25) is 0 Å². The van der Waals surface area contributed by atoms with Gasteiger partial charge in [-0.1, -0.05) is 0 Å². The number of thiophene rings is 1. The standard InChI is InChI=1S/C14H15N3OS/c18-13(10-17-6-1-5-16-17)9-15-12-2-3-14-11(8-12)4-7-19-14/h1-8,13,15,18H,9-10H2. The molecular weight excluding hydrogens is 258 g/mol. The van der Waals surface area contributed by atoms with Gasteiger partial charge in [-0.15, -0.1) is 11.3 Å². The summed E-state index contributed by atoms with van der Waals surface area (Å²) in [6, 6.07) is 10.2. The Morgan fingerprint density at radius 2 is 2.32 bits per heavy atom. The molecule has 0 fully saturated rings. The molecule has 2 N–H and O–H groups in total. The maximum Gasteiger partial charge on any atom is 0.0907 e. The van der Waals surface area contributed by atoms with Crippen LogP contribution < -0.4 is 5.32 Å². The van der Waals surface area contributed by atoms with Gasteiger partial charge in [0.25, 0.3) is 0 Å². The molecule has 1 aromatic carbocycles. The van der Waals surface area contributed by atoms with Gasteiger partial charge < -0.3 is 10.4 Å². The van der Waals surface area contributed by atoms with Crippen molar-refractivity contribution in [3.8, 4) is 0 Å². The zero-order chi connectivity index (χ0) is 13.1. The topological polar surface area (TPSA) is 50.1 Å². The van der Waals surface area contributed by atoms with E-state index < -0.39 is 6.10 Å². The second-order valence-electron chi connectivity index (χ2n) is 4.44. The van der Waals surface area contributed by atoms with Crippen LogP contribution in [0.3, 0.4) is 0 Å². The van der Waals surface area contributed by atoms with Crippen LogP contribution >= 0.6 is 11.3 Å². The van der Waals surface area contributed by atoms with E-state index in [0.717, 1.165) is 5.69 Å². The van der Waals surface area contributed by atoms with Gasteiger partial charge in [-0.3, -0.25) is 4.68 Å². The number of rotatable bonds is 5. The predicted molar refractivity (Wildman–Crippen MR) is 78.5 cm³/mol. The van der Waals surface area contributed by atoms with E-state index in [4.69, 9.17) is 0 Å². The minimum Gasteiger partial charge on any atom is -0.389 e. The average Bonchev–Trinajstić information content (AvgIpc) is 3.06. The fraction of sp³-hybridized carbons (Fsp3) is 0.214. The molecule has 98 valence electrons. The van der Waals surface area contributed by atoms with Gasteiger partial charge in [0.05, 0.1) is 12.6 Å². The molecule has 0 amide bonds. The molecule has 4 nitrogen and oxygen atoms in total. The van der Waals surface area contributed by atoms with E-state index in [1.54, 1.807) is 22.2 Å². The molecule has 1 unspecified atom stereocenters. The van der Waals surface area contributed by atoms with Crippen LogP contribution in [0.1, 0.15) is 0 Å². The van der Waals surface area contributed by atoms with E-state index >= 15 is 0 Å². The van der Waals surface area contributed by atoms with Gasteiger partial charge in [-0.05, 0) is 41.1 Å². The van der Waals surface area contributed by atoms with Crippen molar-refractivity contribution in [1.29, 1.82) is 0 Å². The van der Waals surface area contributed by atoms with Crippen molar-refractivity contribution in [2.45, 2.75) is 12.6 Å². The zero-order valence-electron chi connectivity index (χ0n) is 10.4. The number of anilines is 1. The maximum atomic E-state index is 9.93. The lowest BCUT2D eigenvalue weighted by Crippen LogP contribution is -2.25. The first-order valence-corrected chi connectivity index (χ1v) is 7.06. The summed E-state index contributed by atoms with van der Waals surface area (Å²) in [4.78, 5) is 0. The Hall–Kier alpha value is -1.85. The molecule has 0 aliphatic carbocycles. The normalized spacial score (nSPS) is 12.7. The van der Waals surface area contributed by atoms with Crippen molar-refractivity contribution >= 4 is 27.1 Å². The number of benzene rings is 1. The van der Waals surface area contributed by atoms with Crippen LogP contribution in [0.25, 0.3) is 10.1 Å². The van der Waals surface area contributed by atoms with E-state index in [1.165, 1.54) is 10.1 Å². The quantitative estimate of drug-likeness (QED) is 0.751. The van der Waals surface area contributed by atoms with E-state index in [2.05, 4.69) is 34.0 Å². The summed E-state index contributed by atoms with van der Waals surface area (Å²) in [7, 11) is 0. The van der Waals surface area contributed by atoms with Gasteiger partial charge in [0.2, 0.25) is 0 Å². The molecule has 1 atom stereocenters. The van der Waals surface area contributed by atoms with Gasteiger partial charge in [-0.2, -0.15) is 5.10 Å². The molecule has 2 aromatic heterocycles. The molecule has 5 heteroatoms. The predicted octanol–water partition coefficient (Wildman–Crippen LogP) is 2.57. The van der Waals surface area contributed by atoms with Crippen LogP contribution in [0.15, 0.2) is 48.1 Å². The summed E-state index contributed by atoms with van der Waals surface area (Å²) in [5, 5.41) is 20.6. The third-order valence-corrected chi connectivity index (χ3v) is 3.85. The van der Waals surface area contributed by atoms with E-state index in [1.807, 2.05) is 18.3 Å². The molecular formula is C14H15N3OS. The highest BCUT2D eigenvalue weighted by Crippen LogP contribution is 2.23. The van der Waals surface area contributed by atoms with Crippen molar-refractivity contribution in [2.75, 3.05) is 11.9 Å². The molecule has 0 saturated heterocycles. The number of aliphatic hydroxyl groups is 1. The first kappa shape index (κ1) is 12.2. The number of aromatic nitrogens is 2. The van der Waals surface area contributed by atoms with Gasteiger partial charge in [0, 0.05) is 29.3 Å². The van der Waals surface area contributed by atoms with Crippen molar-refractivity contribution in [2.24, 2.45) is 0 Å². The Morgan fingerprint density at radius 1 is 1.37 bits per heavy atom. The van der Waals surface area contributed by atoms with Crippen molar-refractivity contribution in [1.82, 2.24) is 9.78 Å². The van der Waals surface area contributed by atoms with Crippen LogP contribution in [0, 0.1) is 0 Å². The smallest absolute Gasteiger partial charge is 0.0907 e. The number of fused-ring (bicyclic) bond motifs is 1. The van der Waals surface area contributed by atoms with Crippen LogP contribution in [-0.4, -0.2) is 27.5 Å². The fourth-order valence-electron chi connectivity index (χ4n) is 2.00. The third kappa shape index (κ3) is 2.94. The van der Waals surface area contributed by atoms with Crippen molar-refractivity contribution < 1.29 is 5.11 Å². The Kier molecular flexibility index (Phi) is 3.48. The van der Waals surface area contributed by atoms with Crippen molar-refractivity contribution in [3.05, 3.63) is 48.1 Å². The fourth-order valence-corrected chi connectivity index (χ4v) is 2.77. The van der Waals surface area contributed by atoms with E-state index in [0.29, 0.717) is 13.1 Å². The number of hydrogen-bond donors (Lipinski definition) is 2. The number of nitrogens with zero attached hydrogens (tertiary/aromatic N) is 2. The summed E-state index contributed by atoms with van der Waals surface area (Å²) in [6.45, 7) is 1.01. The summed E-state index contributed by atoms with van der Waals surface area (Å²) < 4.78 is 3.01. The highest BCUT2D eigenvalue weighted by molar-refractivity contribution is 7.17. The van der Waals surface area contributed by atoms with Gasteiger partial charge in [-0.25, -0.2) is 0 Å². The van der Waals surface area contributed by atoms with Gasteiger partial charge >= 0.3 is 0 Å². The molecule has 2 heterocycles. The molecule has 3 rings (SSSR count). The summed E-state index contributed by atoms with van der Waals surface area (Å²) >= 11 is 1.73. The highest BCUT2D eigenvalue weighted by Gasteiger charge is 2.05. The largest absolute Gasteiger partial charge is 0.389 e. The Morgan fingerprint density at radius 3 is 3.16 bits per heavy atom. The number of aliphatic hydroxyl groups excluding tert-OH is 1. The number of nitrogens with one attached hydrogen (secondary N) is 1. The van der Waals surface area contributed by atoms with Crippen LogP contribution in [0.4, 0.5) is 5.69 Å². The third-order valence-electron chi connectivity index (χ3n) is 2.95. The molecule has 19 heavy (non-hydrogen) atoms. The lowest BCUT2D eigenvalue weighted by atomic mass is 10.2. The molecule has 0 spiro atoms. The zero-order valence-corrected chi connectivity index (χ0v) is 11.2. The molecule has 0 aliphatic rings. The molecule has 3 aromatic rings. The SMILES string of the molecule is OC(CNc1ccc2sccc2c1)Cn1cccn1. The Balaban J connectivity index is 1.59. The molecule has 0 radical (unpaired) electrons. The van der Waals surface area contributed by atoms with Gasteiger partial charge in [0.1, 0.15) is 0 Å². The Bertz CT molecular complexity index is 648. The van der Waals surface area contributed by atoms with Crippen LogP contribution in [0.5, 0.6) is 0 Å². The molecule has 0 aliphatic heterocycles. The van der Waals surface area contributed by atoms with E-state index in [9.17, 15) is 5.11 Å². The summed E-state index contributed by atoms with van der Waals surface area (Å²) in [5.41, 5.74) is 1.03. The minimum atomic E-state index is -0.460. The number of hydrogen-bond acceptors (Lipinski definition) is 4. The maximum absolute atomic E-state index is 9.93. The first-order chi connectivity index (χ1) is 9.31. The van der Waals surface area contributed by atoms with Crippen LogP contribution in [-0.2, 0) is 6.54 Å². The average molecular weight is 273 g/mol. The summed E-state index contributed by atoms with van der Waals surface area (Å²) in [5.74, 6) is 0. The minimum absolute atomic E-state index is 0.460. The Labute approximate surface area is 115 Å². The molecule has 0 bridgehead atoms. The lowest BCUT2D eigenvalue weighted by molar-refractivity contribution is 0.161. The molecule has 0 saturated carbocycles. The van der Waals surface area contributed by atoms with Gasteiger partial charge in [0.15, 0.2) is 0 Å². The van der Waals surface area contributed by atoms with Crippen molar-refractivity contribution in [3.63, 3.8) is 0 Å². The monoisotopic (exact) mass is 273 g/mol.